The van der Waals surface area contributed by atoms with Crippen molar-refractivity contribution in [1.29, 1.82) is 0 Å². The Kier molecular flexibility index (Phi) is 6.60. The average molecular weight is 419 g/mol. The molecule has 0 aliphatic heterocycles. The molecule has 4 rings (SSSR count). The summed E-state index contributed by atoms with van der Waals surface area (Å²) < 4.78 is 5.79. The Balaban J connectivity index is 1.29. The molecule has 1 atom stereocenters. The minimum atomic E-state index is -0.137. The van der Waals surface area contributed by atoms with Crippen LogP contribution in [0.15, 0.2) is 65.8 Å². The Hall–Kier alpha value is -2.92. The second-order valence-electron chi connectivity index (χ2n) is 7.62. The molecule has 0 spiro atoms. The molecule has 0 saturated heterocycles. The van der Waals surface area contributed by atoms with Crippen LogP contribution >= 0.6 is 11.3 Å². The molecule has 1 aliphatic rings. The molecule has 0 radical (unpaired) electrons. The van der Waals surface area contributed by atoms with Crippen LogP contribution in [-0.4, -0.2) is 12.1 Å². The van der Waals surface area contributed by atoms with E-state index in [-0.39, 0.29) is 5.91 Å². The lowest BCUT2D eigenvalue weighted by Crippen LogP contribution is -2.16. The van der Waals surface area contributed by atoms with E-state index in [1.807, 2.05) is 60.7 Å². The molecule has 1 amide bonds. The third kappa shape index (κ3) is 5.16. The zero-order chi connectivity index (χ0) is 20.8. The highest BCUT2D eigenvalue weighted by atomic mass is 32.1. The van der Waals surface area contributed by atoms with E-state index in [4.69, 9.17) is 4.74 Å². The van der Waals surface area contributed by atoms with Gasteiger partial charge in [0.05, 0.1) is 11.1 Å². The summed E-state index contributed by atoms with van der Waals surface area (Å²) in [5.41, 5.74) is 6.03. The van der Waals surface area contributed by atoms with Gasteiger partial charge < -0.3 is 4.74 Å². The number of hydrogen-bond acceptors (Lipinski definition) is 4. The summed E-state index contributed by atoms with van der Waals surface area (Å²) >= 11 is 1.61. The molecule has 154 valence electrons. The summed E-state index contributed by atoms with van der Waals surface area (Å²) in [6, 6.07) is 19.8. The fourth-order valence-electron chi connectivity index (χ4n) is 3.67. The number of carbonyl (C=O) groups excluding carboxylic acids is 1. The van der Waals surface area contributed by atoms with Gasteiger partial charge in [-0.25, -0.2) is 5.43 Å². The van der Waals surface area contributed by atoms with Crippen LogP contribution in [0.1, 0.15) is 51.0 Å². The number of nitrogens with one attached hydrogen (secondary N) is 1. The highest BCUT2D eigenvalue weighted by Gasteiger charge is 2.21. The third-order valence-electron chi connectivity index (χ3n) is 5.49. The predicted octanol–water partition coefficient (Wildman–Crippen LogP) is 5.61. The van der Waals surface area contributed by atoms with Crippen molar-refractivity contribution in [3.63, 3.8) is 0 Å². The van der Waals surface area contributed by atoms with E-state index in [1.165, 1.54) is 23.3 Å². The summed E-state index contributed by atoms with van der Waals surface area (Å²) in [5.74, 6) is 1.41. The Labute approximate surface area is 181 Å². The summed E-state index contributed by atoms with van der Waals surface area (Å²) in [7, 11) is 0. The fourth-order valence-corrected chi connectivity index (χ4v) is 4.77. The first-order valence-electron chi connectivity index (χ1n) is 10.4. The molecule has 5 heteroatoms. The lowest BCUT2D eigenvalue weighted by atomic mass is 9.87. The molecule has 1 aromatic heterocycles. The fraction of sp³-hybridized carbons (Fsp3) is 0.280. The topological polar surface area (TPSA) is 50.7 Å². The van der Waals surface area contributed by atoms with Crippen molar-refractivity contribution in [2.45, 2.75) is 39.2 Å². The van der Waals surface area contributed by atoms with Gasteiger partial charge in [-0.05, 0) is 72.2 Å². The van der Waals surface area contributed by atoms with Crippen LogP contribution in [0.3, 0.4) is 0 Å². The molecule has 0 unspecified atom stereocenters. The Morgan fingerprint density at radius 2 is 2.00 bits per heavy atom. The maximum absolute atomic E-state index is 12.4. The van der Waals surface area contributed by atoms with Gasteiger partial charge in [0, 0.05) is 4.88 Å². The van der Waals surface area contributed by atoms with Crippen molar-refractivity contribution in [3.05, 3.63) is 87.1 Å². The quantitative estimate of drug-likeness (QED) is 0.401. The van der Waals surface area contributed by atoms with E-state index in [9.17, 15) is 4.79 Å². The van der Waals surface area contributed by atoms with Gasteiger partial charge in [0.15, 0.2) is 0 Å². The van der Waals surface area contributed by atoms with Crippen LogP contribution < -0.4 is 10.2 Å². The second kappa shape index (κ2) is 9.72. The molecule has 30 heavy (non-hydrogen) atoms. The number of hydrogen-bond donors (Lipinski definition) is 1. The molecule has 4 nitrogen and oxygen atoms in total. The van der Waals surface area contributed by atoms with E-state index in [0.29, 0.717) is 6.61 Å². The first-order valence-corrected chi connectivity index (χ1v) is 11.2. The van der Waals surface area contributed by atoms with Crippen molar-refractivity contribution < 1.29 is 9.53 Å². The molecule has 3 aromatic rings. The van der Waals surface area contributed by atoms with Crippen molar-refractivity contribution >= 4 is 23.5 Å². The SMILES string of the molecule is CC[C@@H]1CCc2sc(C(=O)N/N=C\c3ccc(OCc4ccccc4)cc3)cc2C1. The predicted molar refractivity (Wildman–Crippen MR) is 122 cm³/mol. The summed E-state index contributed by atoms with van der Waals surface area (Å²) in [4.78, 5) is 14.6. The lowest BCUT2D eigenvalue weighted by Gasteiger charge is -2.19. The second-order valence-corrected chi connectivity index (χ2v) is 8.76. The number of carbonyl (C=O) groups is 1. The minimum absolute atomic E-state index is 0.137. The highest BCUT2D eigenvalue weighted by Crippen LogP contribution is 2.33. The maximum Gasteiger partial charge on any atom is 0.281 e. The van der Waals surface area contributed by atoms with Gasteiger partial charge in [-0.3, -0.25) is 4.79 Å². The van der Waals surface area contributed by atoms with E-state index in [0.717, 1.165) is 40.5 Å². The van der Waals surface area contributed by atoms with Gasteiger partial charge in [-0.1, -0.05) is 43.7 Å². The zero-order valence-electron chi connectivity index (χ0n) is 17.1. The number of thiophene rings is 1. The van der Waals surface area contributed by atoms with Crippen LogP contribution in [0.5, 0.6) is 5.75 Å². The van der Waals surface area contributed by atoms with Gasteiger partial charge in [0.25, 0.3) is 5.91 Å². The van der Waals surface area contributed by atoms with Crippen LogP contribution in [0, 0.1) is 5.92 Å². The van der Waals surface area contributed by atoms with E-state index < -0.39 is 0 Å². The molecule has 1 heterocycles. The standard InChI is InChI=1S/C25H26N2O2S/c1-2-18-10-13-23-21(14-18)15-24(30-23)25(28)27-26-16-19-8-11-22(12-9-19)29-17-20-6-4-3-5-7-20/h3-9,11-12,15-16,18H,2,10,13-14,17H2,1H3,(H,27,28)/b26-16-/t18-/m1/s1. The number of rotatable bonds is 7. The Bertz CT molecular complexity index is 1010. The summed E-state index contributed by atoms with van der Waals surface area (Å²) in [6.07, 6.45) is 6.27. The number of aryl methyl sites for hydroxylation is 1. The van der Waals surface area contributed by atoms with Gasteiger partial charge in [0.1, 0.15) is 12.4 Å². The van der Waals surface area contributed by atoms with Crippen LogP contribution in [0.4, 0.5) is 0 Å². The monoisotopic (exact) mass is 418 g/mol. The molecular weight excluding hydrogens is 392 g/mol. The van der Waals surface area contributed by atoms with E-state index >= 15 is 0 Å². The number of hydrazone groups is 1. The van der Waals surface area contributed by atoms with Gasteiger partial charge in [0.2, 0.25) is 0 Å². The summed E-state index contributed by atoms with van der Waals surface area (Å²) in [5, 5.41) is 4.12. The molecular formula is C25H26N2O2S. The van der Waals surface area contributed by atoms with Gasteiger partial charge in [-0.2, -0.15) is 5.10 Å². The molecule has 0 saturated carbocycles. The molecule has 1 N–H and O–H groups in total. The van der Waals surface area contributed by atoms with Gasteiger partial charge >= 0.3 is 0 Å². The Morgan fingerprint density at radius 3 is 2.77 bits per heavy atom. The molecule has 0 fully saturated rings. The van der Waals surface area contributed by atoms with E-state index in [1.54, 1.807) is 17.6 Å². The van der Waals surface area contributed by atoms with Crippen molar-refractivity contribution in [2.24, 2.45) is 11.0 Å². The Morgan fingerprint density at radius 1 is 1.20 bits per heavy atom. The minimum Gasteiger partial charge on any atom is -0.489 e. The van der Waals surface area contributed by atoms with Crippen molar-refractivity contribution in [2.75, 3.05) is 0 Å². The van der Waals surface area contributed by atoms with Crippen LogP contribution in [0.25, 0.3) is 0 Å². The van der Waals surface area contributed by atoms with Crippen LogP contribution in [0.2, 0.25) is 0 Å². The smallest absolute Gasteiger partial charge is 0.281 e. The van der Waals surface area contributed by atoms with Crippen molar-refractivity contribution in [3.8, 4) is 5.75 Å². The first kappa shape index (κ1) is 20.4. The third-order valence-corrected chi connectivity index (χ3v) is 6.73. The van der Waals surface area contributed by atoms with E-state index in [2.05, 4.69) is 17.5 Å². The van der Waals surface area contributed by atoms with Gasteiger partial charge in [-0.15, -0.1) is 11.3 Å². The molecule has 0 bridgehead atoms. The number of ether oxygens (including phenoxy) is 1. The molecule has 2 aromatic carbocycles. The van der Waals surface area contributed by atoms with Crippen molar-refractivity contribution in [1.82, 2.24) is 5.43 Å². The number of nitrogens with zero attached hydrogens (tertiary/aromatic N) is 1. The zero-order valence-corrected chi connectivity index (χ0v) is 18.0. The average Bonchev–Trinajstić information content (AvgIpc) is 3.22. The number of amides is 1. The van der Waals surface area contributed by atoms with Crippen LogP contribution in [-0.2, 0) is 19.4 Å². The largest absolute Gasteiger partial charge is 0.489 e. The highest BCUT2D eigenvalue weighted by molar-refractivity contribution is 7.14. The lowest BCUT2D eigenvalue weighted by molar-refractivity contribution is 0.0959. The number of fused-ring (bicyclic) bond motifs is 1. The number of benzene rings is 2. The maximum atomic E-state index is 12.4. The normalized spacial score (nSPS) is 15.7. The molecule has 1 aliphatic carbocycles. The first-order chi connectivity index (χ1) is 14.7. The summed E-state index contributed by atoms with van der Waals surface area (Å²) in [6.45, 7) is 2.78.